The number of nitrogens with zero attached hydrogens (tertiary/aromatic N) is 2. The van der Waals surface area contributed by atoms with E-state index in [2.05, 4.69) is 47.1 Å². The van der Waals surface area contributed by atoms with E-state index in [0.717, 1.165) is 19.5 Å². The first-order chi connectivity index (χ1) is 9.35. The van der Waals surface area contributed by atoms with Crippen LogP contribution >= 0.6 is 0 Å². The highest BCUT2D eigenvalue weighted by Gasteiger charge is 2.10. The van der Waals surface area contributed by atoms with E-state index >= 15 is 0 Å². The smallest absolute Gasteiger partial charge is 0.0445 e. The molecule has 3 nitrogen and oxygen atoms in total. The minimum atomic E-state index is 0.651. The minimum Gasteiger partial charge on any atom is -0.366 e. The van der Waals surface area contributed by atoms with Crippen molar-refractivity contribution < 1.29 is 0 Å². The van der Waals surface area contributed by atoms with Gasteiger partial charge < -0.3 is 10.6 Å². The maximum atomic E-state index is 5.75. The molecule has 1 aromatic carbocycles. The Hall–Kier alpha value is -1.87. The standard InChI is InChI=1S/C16H21N3/c1-2-15-7-3-4-8-16(15)19(11-9-17)13-14-6-5-10-18-12-14/h3-8,10,12H,2,9,11,13,17H2,1H3. The topological polar surface area (TPSA) is 42.1 Å². The molecule has 0 fully saturated rings. The van der Waals surface area contributed by atoms with Crippen LogP contribution in [0.3, 0.4) is 0 Å². The average molecular weight is 255 g/mol. The van der Waals surface area contributed by atoms with Gasteiger partial charge >= 0.3 is 0 Å². The van der Waals surface area contributed by atoms with Crippen LogP contribution in [0.25, 0.3) is 0 Å². The van der Waals surface area contributed by atoms with Gasteiger partial charge in [0.15, 0.2) is 0 Å². The first-order valence-corrected chi connectivity index (χ1v) is 6.77. The lowest BCUT2D eigenvalue weighted by Crippen LogP contribution is -2.29. The Morgan fingerprint density at radius 2 is 2.00 bits per heavy atom. The van der Waals surface area contributed by atoms with Gasteiger partial charge in [-0.1, -0.05) is 31.2 Å². The van der Waals surface area contributed by atoms with Gasteiger partial charge in [0.1, 0.15) is 0 Å². The molecule has 0 aliphatic rings. The number of aryl methyl sites for hydroxylation is 1. The predicted octanol–water partition coefficient (Wildman–Crippen LogP) is 2.61. The van der Waals surface area contributed by atoms with Crippen molar-refractivity contribution in [3.63, 3.8) is 0 Å². The summed E-state index contributed by atoms with van der Waals surface area (Å²) in [6.45, 7) is 4.54. The van der Waals surface area contributed by atoms with Gasteiger partial charge in [0.25, 0.3) is 0 Å². The zero-order valence-electron chi connectivity index (χ0n) is 11.4. The van der Waals surface area contributed by atoms with Crippen LogP contribution in [-0.2, 0) is 13.0 Å². The first kappa shape index (κ1) is 13.6. The summed E-state index contributed by atoms with van der Waals surface area (Å²) in [6.07, 6.45) is 4.75. The van der Waals surface area contributed by atoms with E-state index in [1.54, 1.807) is 6.20 Å². The number of benzene rings is 1. The van der Waals surface area contributed by atoms with E-state index in [9.17, 15) is 0 Å². The molecular formula is C16H21N3. The summed E-state index contributed by atoms with van der Waals surface area (Å²) in [7, 11) is 0. The van der Waals surface area contributed by atoms with E-state index in [0.29, 0.717) is 6.54 Å². The van der Waals surface area contributed by atoms with Crippen LogP contribution in [0.2, 0.25) is 0 Å². The molecule has 0 saturated heterocycles. The minimum absolute atomic E-state index is 0.651. The first-order valence-electron chi connectivity index (χ1n) is 6.77. The summed E-state index contributed by atoms with van der Waals surface area (Å²) in [5.41, 5.74) is 9.60. The SMILES string of the molecule is CCc1ccccc1N(CCN)Cc1cccnc1. The number of nitrogens with two attached hydrogens (primary N) is 1. The molecule has 100 valence electrons. The third-order valence-corrected chi connectivity index (χ3v) is 3.21. The van der Waals surface area contributed by atoms with Crippen LogP contribution in [-0.4, -0.2) is 18.1 Å². The third-order valence-electron chi connectivity index (χ3n) is 3.21. The van der Waals surface area contributed by atoms with Gasteiger partial charge in [-0.2, -0.15) is 0 Å². The highest BCUT2D eigenvalue weighted by atomic mass is 15.1. The molecule has 19 heavy (non-hydrogen) atoms. The molecule has 0 spiro atoms. The molecule has 0 radical (unpaired) electrons. The highest BCUT2D eigenvalue weighted by Crippen LogP contribution is 2.22. The highest BCUT2D eigenvalue weighted by molar-refractivity contribution is 5.54. The van der Waals surface area contributed by atoms with E-state index in [1.165, 1.54) is 16.8 Å². The van der Waals surface area contributed by atoms with Crippen molar-refractivity contribution >= 4 is 5.69 Å². The molecule has 1 heterocycles. The second kappa shape index (κ2) is 6.90. The van der Waals surface area contributed by atoms with Crippen LogP contribution in [0, 0.1) is 0 Å². The lowest BCUT2D eigenvalue weighted by atomic mass is 10.1. The van der Waals surface area contributed by atoms with Gasteiger partial charge in [-0.15, -0.1) is 0 Å². The average Bonchev–Trinajstić information content (AvgIpc) is 2.48. The molecule has 0 saturated carbocycles. The largest absolute Gasteiger partial charge is 0.366 e. The van der Waals surface area contributed by atoms with Crippen LogP contribution in [0.4, 0.5) is 5.69 Å². The normalized spacial score (nSPS) is 10.4. The fraction of sp³-hybridized carbons (Fsp3) is 0.312. The number of rotatable bonds is 6. The third kappa shape index (κ3) is 3.55. The molecule has 0 aliphatic heterocycles. The van der Waals surface area contributed by atoms with Crippen molar-refractivity contribution in [3.05, 3.63) is 59.9 Å². The monoisotopic (exact) mass is 255 g/mol. The van der Waals surface area contributed by atoms with Crippen molar-refractivity contribution in [1.82, 2.24) is 4.98 Å². The summed E-state index contributed by atoms with van der Waals surface area (Å²) in [5.74, 6) is 0. The zero-order chi connectivity index (χ0) is 13.5. The fourth-order valence-corrected chi connectivity index (χ4v) is 2.27. The Balaban J connectivity index is 2.24. The lowest BCUT2D eigenvalue weighted by molar-refractivity contribution is 0.781. The van der Waals surface area contributed by atoms with E-state index in [4.69, 9.17) is 5.73 Å². The zero-order valence-corrected chi connectivity index (χ0v) is 11.4. The Morgan fingerprint density at radius 3 is 2.68 bits per heavy atom. The molecule has 2 N–H and O–H groups in total. The van der Waals surface area contributed by atoms with Crippen LogP contribution in [0.1, 0.15) is 18.1 Å². The van der Waals surface area contributed by atoms with Crippen molar-refractivity contribution in [3.8, 4) is 0 Å². The summed E-state index contributed by atoms with van der Waals surface area (Å²) < 4.78 is 0. The van der Waals surface area contributed by atoms with Crippen LogP contribution < -0.4 is 10.6 Å². The number of hydrogen-bond acceptors (Lipinski definition) is 3. The maximum Gasteiger partial charge on any atom is 0.0445 e. The van der Waals surface area contributed by atoms with Gasteiger partial charge in [-0.25, -0.2) is 0 Å². The number of hydrogen-bond donors (Lipinski definition) is 1. The molecule has 0 bridgehead atoms. The number of anilines is 1. The van der Waals surface area contributed by atoms with Crippen LogP contribution in [0.5, 0.6) is 0 Å². The Bertz CT molecular complexity index is 496. The summed E-state index contributed by atoms with van der Waals surface area (Å²) in [4.78, 5) is 6.51. The summed E-state index contributed by atoms with van der Waals surface area (Å²) in [6, 6.07) is 12.6. The second-order valence-electron chi connectivity index (χ2n) is 4.55. The van der Waals surface area contributed by atoms with E-state index < -0.39 is 0 Å². The Labute approximate surface area is 115 Å². The lowest BCUT2D eigenvalue weighted by Gasteiger charge is -2.26. The summed E-state index contributed by atoms with van der Waals surface area (Å²) >= 11 is 0. The van der Waals surface area contributed by atoms with E-state index in [1.807, 2.05) is 12.3 Å². The van der Waals surface area contributed by atoms with Gasteiger partial charge in [0.2, 0.25) is 0 Å². The number of para-hydroxylation sites is 1. The van der Waals surface area contributed by atoms with Gasteiger partial charge in [-0.05, 0) is 29.7 Å². The second-order valence-corrected chi connectivity index (χ2v) is 4.55. The van der Waals surface area contributed by atoms with Crippen molar-refractivity contribution in [2.45, 2.75) is 19.9 Å². The van der Waals surface area contributed by atoms with Crippen molar-refractivity contribution in [2.24, 2.45) is 5.73 Å². The quantitative estimate of drug-likeness (QED) is 0.862. The fourth-order valence-electron chi connectivity index (χ4n) is 2.27. The molecule has 3 heteroatoms. The molecular weight excluding hydrogens is 234 g/mol. The maximum absolute atomic E-state index is 5.75. The van der Waals surface area contributed by atoms with E-state index in [-0.39, 0.29) is 0 Å². The predicted molar refractivity (Wildman–Crippen MR) is 80.2 cm³/mol. The van der Waals surface area contributed by atoms with Gasteiger partial charge in [0, 0.05) is 37.7 Å². The Morgan fingerprint density at radius 1 is 1.16 bits per heavy atom. The Kier molecular flexibility index (Phi) is 4.93. The van der Waals surface area contributed by atoms with Crippen LogP contribution in [0.15, 0.2) is 48.8 Å². The summed E-state index contributed by atoms with van der Waals surface area (Å²) in [5, 5.41) is 0. The van der Waals surface area contributed by atoms with Crippen molar-refractivity contribution in [2.75, 3.05) is 18.0 Å². The molecule has 1 aromatic heterocycles. The molecule has 2 aromatic rings. The van der Waals surface area contributed by atoms with Gasteiger partial charge in [0.05, 0.1) is 0 Å². The molecule has 0 unspecified atom stereocenters. The van der Waals surface area contributed by atoms with Crippen molar-refractivity contribution in [1.29, 1.82) is 0 Å². The molecule has 0 atom stereocenters. The van der Waals surface area contributed by atoms with Gasteiger partial charge in [-0.3, -0.25) is 4.98 Å². The molecule has 0 amide bonds. The number of pyridine rings is 1. The number of aromatic nitrogens is 1. The molecule has 2 rings (SSSR count). The molecule has 0 aliphatic carbocycles.